The molecular formula is C22H24N8O. The van der Waals surface area contributed by atoms with Gasteiger partial charge in [0.05, 0.1) is 12.2 Å². The first kappa shape index (κ1) is 20.5. The summed E-state index contributed by atoms with van der Waals surface area (Å²) in [6, 6.07) is 11.8. The number of aromatic nitrogens is 8. The number of aryl methyl sites for hydroxylation is 1. The van der Waals surface area contributed by atoms with Gasteiger partial charge in [-0.2, -0.15) is 5.21 Å². The van der Waals surface area contributed by atoms with E-state index >= 15 is 0 Å². The van der Waals surface area contributed by atoms with Crippen LogP contribution in [0.2, 0.25) is 0 Å². The molecule has 0 spiro atoms. The molecule has 0 fully saturated rings. The fourth-order valence-corrected chi connectivity index (χ4v) is 3.32. The largest absolute Gasteiger partial charge is 0.291 e. The predicted molar refractivity (Wildman–Crippen MR) is 115 cm³/mol. The molecule has 0 saturated heterocycles. The minimum absolute atomic E-state index is 0.0388. The van der Waals surface area contributed by atoms with Gasteiger partial charge in [0.1, 0.15) is 5.82 Å². The molecule has 3 heterocycles. The molecular weight excluding hydrogens is 392 g/mol. The Hall–Kier alpha value is -3.75. The zero-order chi connectivity index (χ0) is 21.6. The van der Waals surface area contributed by atoms with Gasteiger partial charge in [0.2, 0.25) is 17.4 Å². The number of nitrogens with one attached hydrogen (secondary N) is 1. The molecule has 31 heavy (non-hydrogen) atoms. The van der Waals surface area contributed by atoms with Crippen molar-refractivity contribution >= 4 is 5.78 Å². The quantitative estimate of drug-likeness (QED) is 0.415. The van der Waals surface area contributed by atoms with Gasteiger partial charge in [-0.15, -0.1) is 15.3 Å². The van der Waals surface area contributed by atoms with Gasteiger partial charge >= 0.3 is 0 Å². The van der Waals surface area contributed by atoms with Crippen LogP contribution < -0.4 is 0 Å². The molecule has 0 aliphatic rings. The maximum absolute atomic E-state index is 12.1. The first-order chi connectivity index (χ1) is 15.2. The van der Waals surface area contributed by atoms with Gasteiger partial charge in [-0.3, -0.25) is 9.78 Å². The van der Waals surface area contributed by atoms with Gasteiger partial charge in [-0.05, 0) is 23.3 Å². The maximum atomic E-state index is 12.1. The molecule has 3 aromatic heterocycles. The number of aromatic amines is 1. The Labute approximate surface area is 180 Å². The number of carbonyl (C=O) groups excluding carboxylic acids is 1. The molecule has 0 saturated carbocycles. The second-order valence-corrected chi connectivity index (χ2v) is 7.22. The average molecular weight is 416 g/mol. The van der Waals surface area contributed by atoms with E-state index in [1.807, 2.05) is 54.2 Å². The Morgan fingerprint density at radius 3 is 2.61 bits per heavy atom. The molecule has 9 nitrogen and oxygen atoms in total. The fraction of sp³-hybridized carbons (Fsp3) is 0.318. The second kappa shape index (κ2) is 9.38. The molecule has 0 aliphatic carbocycles. The van der Waals surface area contributed by atoms with Crippen LogP contribution in [0.5, 0.6) is 0 Å². The highest BCUT2D eigenvalue weighted by atomic mass is 16.1. The number of Topliss-reactive ketones (excluding diaryl/α,β-unsaturated/α-hetero) is 1. The number of ketones is 1. The lowest BCUT2D eigenvalue weighted by Crippen LogP contribution is -2.08. The molecule has 4 aromatic rings. The van der Waals surface area contributed by atoms with Crippen molar-refractivity contribution in [3.8, 4) is 22.6 Å². The summed E-state index contributed by atoms with van der Waals surface area (Å²) in [4.78, 5) is 21.2. The highest BCUT2D eigenvalue weighted by Crippen LogP contribution is 2.28. The normalized spacial score (nSPS) is 11.0. The van der Waals surface area contributed by atoms with E-state index in [1.165, 1.54) is 0 Å². The Morgan fingerprint density at radius 2 is 1.94 bits per heavy atom. The number of benzene rings is 1. The van der Waals surface area contributed by atoms with Crippen molar-refractivity contribution < 1.29 is 4.79 Å². The van der Waals surface area contributed by atoms with E-state index < -0.39 is 0 Å². The van der Waals surface area contributed by atoms with Gasteiger partial charge in [0, 0.05) is 30.2 Å². The van der Waals surface area contributed by atoms with Crippen molar-refractivity contribution in [2.75, 3.05) is 0 Å². The number of tetrazole rings is 1. The SMILES string of the molecule is CCCCc1nc(C(=O)CC)nn1Cc1ccc(-c2ccccc2-c2nn[nH]n2)nc1. The van der Waals surface area contributed by atoms with Crippen LogP contribution in [0, 0.1) is 0 Å². The number of rotatable bonds is 9. The second-order valence-electron chi connectivity index (χ2n) is 7.22. The number of pyridine rings is 1. The van der Waals surface area contributed by atoms with Crippen LogP contribution in [0.4, 0.5) is 0 Å². The predicted octanol–water partition coefficient (Wildman–Crippen LogP) is 3.50. The van der Waals surface area contributed by atoms with Crippen molar-refractivity contribution in [1.82, 2.24) is 40.4 Å². The first-order valence-electron chi connectivity index (χ1n) is 10.4. The minimum Gasteiger partial charge on any atom is -0.291 e. The summed E-state index contributed by atoms with van der Waals surface area (Å²) in [5.74, 6) is 1.62. The molecule has 1 N–H and O–H groups in total. The maximum Gasteiger partial charge on any atom is 0.217 e. The summed E-state index contributed by atoms with van der Waals surface area (Å²) in [6.07, 6.45) is 5.08. The van der Waals surface area contributed by atoms with Crippen LogP contribution >= 0.6 is 0 Å². The number of hydrogen-bond donors (Lipinski definition) is 1. The van der Waals surface area contributed by atoms with Gasteiger partial charge < -0.3 is 0 Å². The number of H-pyrrole nitrogens is 1. The van der Waals surface area contributed by atoms with E-state index in [9.17, 15) is 4.79 Å². The van der Waals surface area contributed by atoms with Gasteiger partial charge in [-0.1, -0.05) is 50.6 Å². The highest BCUT2D eigenvalue weighted by Gasteiger charge is 2.16. The van der Waals surface area contributed by atoms with E-state index in [2.05, 4.69) is 42.6 Å². The Kier molecular flexibility index (Phi) is 6.21. The smallest absolute Gasteiger partial charge is 0.217 e. The molecule has 9 heteroatoms. The molecule has 1 aromatic carbocycles. The number of hydrogen-bond acceptors (Lipinski definition) is 7. The van der Waals surface area contributed by atoms with E-state index in [1.54, 1.807) is 0 Å². The van der Waals surface area contributed by atoms with E-state index in [4.69, 9.17) is 0 Å². The highest BCUT2D eigenvalue weighted by molar-refractivity contribution is 5.92. The summed E-state index contributed by atoms with van der Waals surface area (Å²) in [5.41, 5.74) is 3.59. The third kappa shape index (κ3) is 4.55. The molecule has 0 bridgehead atoms. The molecule has 4 rings (SSSR count). The minimum atomic E-state index is -0.0388. The summed E-state index contributed by atoms with van der Waals surface area (Å²) in [6.45, 7) is 4.47. The zero-order valence-electron chi connectivity index (χ0n) is 17.6. The zero-order valence-corrected chi connectivity index (χ0v) is 17.6. The molecule has 0 amide bonds. The average Bonchev–Trinajstić information content (AvgIpc) is 3.48. The van der Waals surface area contributed by atoms with Gasteiger partial charge in [0.25, 0.3) is 0 Å². The van der Waals surface area contributed by atoms with Gasteiger partial charge in [0.15, 0.2) is 0 Å². The topological polar surface area (TPSA) is 115 Å². The molecule has 0 radical (unpaired) electrons. The Balaban J connectivity index is 1.59. The summed E-state index contributed by atoms with van der Waals surface area (Å²) < 4.78 is 1.82. The lowest BCUT2D eigenvalue weighted by molar-refractivity contribution is 0.0978. The van der Waals surface area contributed by atoms with Crippen molar-refractivity contribution in [3.63, 3.8) is 0 Å². The van der Waals surface area contributed by atoms with E-state index in [-0.39, 0.29) is 5.78 Å². The molecule has 158 valence electrons. The van der Waals surface area contributed by atoms with Crippen molar-refractivity contribution in [3.05, 3.63) is 59.8 Å². The van der Waals surface area contributed by atoms with Crippen LogP contribution in [0.3, 0.4) is 0 Å². The van der Waals surface area contributed by atoms with Crippen LogP contribution in [0.25, 0.3) is 22.6 Å². The molecule has 0 atom stereocenters. The standard InChI is InChI=1S/C22H24N8O/c1-3-5-10-20-24-22(19(31)4-2)27-30(20)14-15-11-12-18(23-13-15)16-8-6-7-9-17(16)21-25-28-29-26-21/h6-9,11-13H,3-5,10,14H2,1-2H3,(H,25,26,28,29). The summed E-state index contributed by atoms with van der Waals surface area (Å²) in [7, 11) is 0. The molecule has 0 unspecified atom stereocenters. The van der Waals surface area contributed by atoms with Crippen LogP contribution in [-0.4, -0.2) is 46.2 Å². The van der Waals surface area contributed by atoms with Crippen LogP contribution in [0.1, 0.15) is 55.1 Å². The number of nitrogens with zero attached hydrogens (tertiary/aromatic N) is 7. The van der Waals surface area contributed by atoms with E-state index in [0.717, 1.165) is 47.5 Å². The van der Waals surface area contributed by atoms with Crippen molar-refractivity contribution in [1.29, 1.82) is 0 Å². The lowest BCUT2D eigenvalue weighted by Gasteiger charge is -2.08. The Bertz CT molecular complexity index is 1150. The fourth-order valence-electron chi connectivity index (χ4n) is 3.32. The first-order valence-corrected chi connectivity index (χ1v) is 10.4. The van der Waals surface area contributed by atoms with Crippen molar-refractivity contribution in [2.45, 2.75) is 46.1 Å². The van der Waals surface area contributed by atoms with Crippen LogP contribution in [-0.2, 0) is 13.0 Å². The number of unbranched alkanes of at least 4 members (excludes halogenated alkanes) is 1. The summed E-state index contributed by atoms with van der Waals surface area (Å²) >= 11 is 0. The van der Waals surface area contributed by atoms with Gasteiger partial charge in [-0.25, -0.2) is 9.67 Å². The van der Waals surface area contributed by atoms with E-state index in [0.29, 0.717) is 24.6 Å². The molecule has 0 aliphatic heterocycles. The number of carbonyl (C=O) groups is 1. The van der Waals surface area contributed by atoms with Crippen LogP contribution in [0.15, 0.2) is 42.6 Å². The summed E-state index contributed by atoms with van der Waals surface area (Å²) in [5, 5.41) is 18.8. The third-order valence-electron chi connectivity index (χ3n) is 5.02. The monoisotopic (exact) mass is 416 g/mol. The third-order valence-corrected chi connectivity index (χ3v) is 5.02. The lowest BCUT2D eigenvalue weighted by atomic mass is 10.0. The van der Waals surface area contributed by atoms with Crippen molar-refractivity contribution in [2.24, 2.45) is 0 Å². The Morgan fingerprint density at radius 1 is 1.10 bits per heavy atom.